The lowest BCUT2D eigenvalue weighted by atomic mass is 10.2. The van der Waals surface area contributed by atoms with Crippen molar-refractivity contribution in [3.05, 3.63) is 12.2 Å². The van der Waals surface area contributed by atoms with E-state index in [1.165, 1.54) is 6.33 Å². The van der Waals surface area contributed by atoms with Gasteiger partial charge < -0.3 is 10.4 Å². The Labute approximate surface area is 92.3 Å². The Bertz CT molecular complexity index is 337. The lowest BCUT2D eigenvalue weighted by Gasteiger charge is -2.02. The van der Waals surface area contributed by atoms with E-state index >= 15 is 0 Å². The van der Waals surface area contributed by atoms with Crippen molar-refractivity contribution in [2.24, 2.45) is 0 Å². The number of carboxylic acid groups (broad SMARTS) is 1. The third kappa shape index (κ3) is 5.08. The van der Waals surface area contributed by atoms with Crippen molar-refractivity contribution in [1.82, 2.24) is 20.5 Å². The Morgan fingerprint density at radius 2 is 2.12 bits per heavy atom. The van der Waals surface area contributed by atoms with E-state index in [1.54, 1.807) is 0 Å². The molecule has 7 nitrogen and oxygen atoms in total. The summed E-state index contributed by atoms with van der Waals surface area (Å²) < 4.78 is 0. The second-order valence-electron chi connectivity index (χ2n) is 3.31. The topological polar surface area (TPSA) is 108 Å². The minimum atomic E-state index is -0.831. The molecule has 3 N–H and O–H groups in total. The molecule has 1 heterocycles. The van der Waals surface area contributed by atoms with Gasteiger partial charge in [0, 0.05) is 12.8 Å². The lowest BCUT2D eigenvalue weighted by molar-refractivity contribution is -0.137. The quantitative estimate of drug-likeness (QED) is 0.570. The highest BCUT2D eigenvalue weighted by Crippen LogP contribution is 1.99. The third-order valence-corrected chi connectivity index (χ3v) is 1.96. The SMILES string of the molecule is O=C(O)CCCCC(=O)NCc1ncn[nH]1. The van der Waals surface area contributed by atoms with E-state index in [9.17, 15) is 9.59 Å². The number of nitrogens with zero attached hydrogens (tertiary/aromatic N) is 2. The second-order valence-corrected chi connectivity index (χ2v) is 3.31. The Morgan fingerprint density at radius 1 is 1.38 bits per heavy atom. The zero-order valence-corrected chi connectivity index (χ0v) is 8.77. The molecule has 0 radical (unpaired) electrons. The number of hydrogen-bond donors (Lipinski definition) is 3. The van der Waals surface area contributed by atoms with Crippen LogP contribution in [0.5, 0.6) is 0 Å². The summed E-state index contributed by atoms with van der Waals surface area (Å²) in [5, 5.41) is 17.3. The molecule has 0 aliphatic heterocycles. The molecule has 0 spiro atoms. The number of aromatic amines is 1. The Kier molecular flexibility index (Phi) is 4.97. The third-order valence-electron chi connectivity index (χ3n) is 1.96. The molecule has 1 amide bonds. The van der Waals surface area contributed by atoms with Crippen LogP contribution in [0.4, 0.5) is 0 Å². The van der Waals surface area contributed by atoms with Gasteiger partial charge in [0.05, 0.1) is 6.54 Å². The van der Waals surface area contributed by atoms with Gasteiger partial charge in [-0.25, -0.2) is 4.98 Å². The number of carbonyl (C=O) groups excluding carboxylic acids is 1. The summed E-state index contributed by atoms with van der Waals surface area (Å²) in [5.74, 6) is -0.345. The monoisotopic (exact) mass is 226 g/mol. The van der Waals surface area contributed by atoms with Gasteiger partial charge in [-0.15, -0.1) is 0 Å². The number of nitrogens with one attached hydrogen (secondary N) is 2. The van der Waals surface area contributed by atoms with Crippen LogP contribution in [0.25, 0.3) is 0 Å². The normalized spacial score (nSPS) is 10.0. The van der Waals surface area contributed by atoms with Crippen molar-refractivity contribution < 1.29 is 14.7 Å². The maximum atomic E-state index is 11.3. The first-order valence-corrected chi connectivity index (χ1v) is 5.01. The fraction of sp³-hybridized carbons (Fsp3) is 0.556. The van der Waals surface area contributed by atoms with Crippen LogP contribution in [0.2, 0.25) is 0 Å². The molecule has 88 valence electrons. The van der Waals surface area contributed by atoms with Gasteiger partial charge in [0.25, 0.3) is 0 Å². The molecule has 0 saturated carbocycles. The maximum absolute atomic E-state index is 11.3. The number of aromatic nitrogens is 3. The average molecular weight is 226 g/mol. The number of unbranched alkanes of at least 4 members (excludes halogenated alkanes) is 1. The highest BCUT2D eigenvalue weighted by atomic mass is 16.4. The molecule has 0 atom stereocenters. The molecule has 0 aliphatic rings. The van der Waals surface area contributed by atoms with Crippen molar-refractivity contribution in [3.8, 4) is 0 Å². The predicted octanol–water partition coefficient (Wildman–Crippen LogP) is 0.0659. The summed E-state index contributed by atoms with van der Waals surface area (Å²) in [4.78, 5) is 25.3. The summed E-state index contributed by atoms with van der Waals surface area (Å²) >= 11 is 0. The van der Waals surface area contributed by atoms with Gasteiger partial charge in [-0.3, -0.25) is 14.7 Å². The summed E-state index contributed by atoms with van der Waals surface area (Å²) in [5.41, 5.74) is 0. The highest BCUT2D eigenvalue weighted by Gasteiger charge is 2.03. The van der Waals surface area contributed by atoms with Crippen LogP contribution >= 0.6 is 0 Å². The highest BCUT2D eigenvalue weighted by molar-refractivity contribution is 5.75. The van der Waals surface area contributed by atoms with Gasteiger partial charge in [-0.1, -0.05) is 0 Å². The Balaban J connectivity index is 2.05. The molecule has 1 aromatic rings. The van der Waals surface area contributed by atoms with E-state index in [-0.39, 0.29) is 12.3 Å². The van der Waals surface area contributed by atoms with Gasteiger partial charge in [0.15, 0.2) is 0 Å². The van der Waals surface area contributed by atoms with Crippen molar-refractivity contribution in [3.63, 3.8) is 0 Å². The number of carboxylic acids is 1. The van der Waals surface area contributed by atoms with Crippen LogP contribution in [0.3, 0.4) is 0 Å². The van der Waals surface area contributed by atoms with E-state index in [1.807, 2.05) is 0 Å². The van der Waals surface area contributed by atoms with Crippen LogP contribution in [-0.4, -0.2) is 32.2 Å². The maximum Gasteiger partial charge on any atom is 0.303 e. The van der Waals surface area contributed by atoms with Gasteiger partial charge in [-0.05, 0) is 12.8 Å². The molecule has 0 saturated heterocycles. The first-order valence-electron chi connectivity index (χ1n) is 5.01. The molecule has 0 fully saturated rings. The number of H-pyrrole nitrogens is 1. The molecule has 7 heteroatoms. The number of rotatable bonds is 7. The van der Waals surface area contributed by atoms with Crippen LogP contribution in [0, 0.1) is 0 Å². The zero-order valence-electron chi connectivity index (χ0n) is 8.77. The Morgan fingerprint density at radius 3 is 2.75 bits per heavy atom. The molecule has 1 aromatic heterocycles. The van der Waals surface area contributed by atoms with E-state index in [2.05, 4.69) is 20.5 Å². The number of amides is 1. The van der Waals surface area contributed by atoms with Crippen LogP contribution in [-0.2, 0) is 16.1 Å². The summed E-state index contributed by atoms with van der Waals surface area (Å²) in [7, 11) is 0. The van der Waals surface area contributed by atoms with E-state index < -0.39 is 5.97 Å². The second kappa shape index (κ2) is 6.54. The summed E-state index contributed by atoms with van der Waals surface area (Å²) in [6.45, 7) is 0.317. The van der Waals surface area contributed by atoms with Crippen molar-refractivity contribution >= 4 is 11.9 Å². The first kappa shape index (κ1) is 12.2. The van der Waals surface area contributed by atoms with Gasteiger partial charge in [-0.2, -0.15) is 5.10 Å². The van der Waals surface area contributed by atoms with Gasteiger partial charge in [0.1, 0.15) is 12.2 Å². The number of hydrogen-bond acceptors (Lipinski definition) is 4. The summed E-state index contributed by atoms with van der Waals surface area (Å²) in [6.07, 6.45) is 2.91. The molecule has 0 aliphatic carbocycles. The smallest absolute Gasteiger partial charge is 0.303 e. The molecule has 16 heavy (non-hydrogen) atoms. The Hall–Kier alpha value is -1.92. The van der Waals surface area contributed by atoms with Gasteiger partial charge in [0.2, 0.25) is 5.91 Å². The standard InChI is InChI=1S/C9H14N4O3/c14-8(3-1-2-4-9(15)16)10-5-7-11-6-12-13-7/h6H,1-5H2,(H,10,14)(H,15,16)(H,11,12,13). The lowest BCUT2D eigenvalue weighted by Crippen LogP contribution is -2.23. The van der Waals surface area contributed by atoms with E-state index in [0.717, 1.165) is 0 Å². The van der Waals surface area contributed by atoms with Crippen molar-refractivity contribution in [1.29, 1.82) is 0 Å². The van der Waals surface area contributed by atoms with Crippen molar-refractivity contribution in [2.45, 2.75) is 32.2 Å². The van der Waals surface area contributed by atoms with Crippen LogP contribution in [0.1, 0.15) is 31.5 Å². The molecular weight excluding hydrogens is 212 g/mol. The largest absolute Gasteiger partial charge is 0.481 e. The molecule has 0 bridgehead atoms. The first-order chi connectivity index (χ1) is 7.68. The molecule has 0 aromatic carbocycles. The van der Waals surface area contributed by atoms with Crippen LogP contribution in [0.15, 0.2) is 6.33 Å². The van der Waals surface area contributed by atoms with Crippen LogP contribution < -0.4 is 5.32 Å². The minimum absolute atomic E-state index is 0.107. The van der Waals surface area contributed by atoms with Gasteiger partial charge >= 0.3 is 5.97 Å². The molecule has 0 unspecified atom stereocenters. The number of aliphatic carboxylic acids is 1. The number of carbonyl (C=O) groups is 2. The predicted molar refractivity (Wildman–Crippen MR) is 54.3 cm³/mol. The average Bonchev–Trinajstić information content (AvgIpc) is 2.74. The van der Waals surface area contributed by atoms with E-state index in [0.29, 0.717) is 31.6 Å². The minimum Gasteiger partial charge on any atom is -0.481 e. The summed E-state index contributed by atoms with van der Waals surface area (Å²) in [6, 6.07) is 0. The fourth-order valence-corrected chi connectivity index (χ4v) is 1.15. The molecular formula is C9H14N4O3. The van der Waals surface area contributed by atoms with E-state index in [4.69, 9.17) is 5.11 Å². The molecule has 1 rings (SSSR count). The zero-order chi connectivity index (χ0) is 11.8. The fourth-order valence-electron chi connectivity index (χ4n) is 1.15. The van der Waals surface area contributed by atoms with Crippen molar-refractivity contribution in [2.75, 3.05) is 0 Å².